The van der Waals surface area contributed by atoms with E-state index in [0.29, 0.717) is 11.4 Å². The molecule has 0 fully saturated rings. The predicted octanol–water partition coefficient (Wildman–Crippen LogP) is 1.54. The van der Waals surface area contributed by atoms with E-state index in [1.165, 1.54) is 0 Å². The zero-order valence-electron chi connectivity index (χ0n) is 5.23. The fraction of sp³-hybridized carbons (Fsp3) is 0.143. The number of allylic oxidation sites excluding steroid dienone is 4. The molecule has 0 bridgehead atoms. The zero-order chi connectivity index (χ0) is 6.85. The summed E-state index contributed by atoms with van der Waals surface area (Å²) in [6.45, 7) is 1.83. The van der Waals surface area contributed by atoms with E-state index in [-0.39, 0.29) is 0 Å². The Morgan fingerprint density at radius 2 is 2.00 bits per heavy atom. The van der Waals surface area contributed by atoms with Gasteiger partial charge in [-0.25, -0.2) is 0 Å². The quantitative estimate of drug-likeness (QED) is 0.455. The largest absolute Gasteiger partial charge is 0.299 e. The smallest absolute Gasteiger partial charge is 0.0818 e. The van der Waals surface area contributed by atoms with Crippen molar-refractivity contribution in [1.29, 1.82) is 10.8 Å². The molecular formula is C7H8N2. The van der Waals surface area contributed by atoms with Crippen LogP contribution in [0.2, 0.25) is 0 Å². The number of hydrogen-bond acceptors (Lipinski definition) is 2. The lowest BCUT2D eigenvalue weighted by atomic mass is 10.0. The summed E-state index contributed by atoms with van der Waals surface area (Å²) < 4.78 is 0. The highest BCUT2D eigenvalue weighted by Crippen LogP contribution is 2.03. The minimum absolute atomic E-state index is 0.301. The van der Waals surface area contributed by atoms with Crippen LogP contribution in [0, 0.1) is 10.8 Å². The first-order chi connectivity index (χ1) is 4.22. The molecule has 0 aromatic carbocycles. The van der Waals surface area contributed by atoms with Gasteiger partial charge in [0.1, 0.15) is 0 Å². The van der Waals surface area contributed by atoms with Crippen LogP contribution < -0.4 is 0 Å². The van der Waals surface area contributed by atoms with Crippen molar-refractivity contribution in [3.05, 3.63) is 23.8 Å². The summed E-state index contributed by atoms with van der Waals surface area (Å²) in [5.41, 5.74) is 1.50. The molecule has 1 rings (SSSR count). The summed E-state index contributed by atoms with van der Waals surface area (Å²) in [5.74, 6) is 0. The second-order valence-electron chi connectivity index (χ2n) is 2.00. The minimum atomic E-state index is 0.301. The highest BCUT2D eigenvalue weighted by Gasteiger charge is 2.05. The molecule has 0 spiro atoms. The molecule has 2 nitrogen and oxygen atoms in total. The van der Waals surface area contributed by atoms with E-state index >= 15 is 0 Å². The SMILES string of the molecule is CC1=CC=CC(=N)C1=N. The first kappa shape index (κ1) is 5.95. The Labute approximate surface area is 53.9 Å². The number of nitrogens with one attached hydrogen (secondary N) is 2. The Morgan fingerprint density at radius 3 is 2.44 bits per heavy atom. The van der Waals surface area contributed by atoms with Crippen molar-refractivity contribution in [1.82, 2.24) is 0 Å². The van der Waals surface area contributed by atoms with E-state index in [4.69, 9.17) is 10.8 Å². The van der Waals surface area contributed by atoms with Crippen molar-refractivity contribution < 1.29 is 0 Å². The van der Waals surface area contributed by atoms with Crippen molar-refractivity contribution in [2.24, 2.45) is 0 Å². The van der Waals surface area contributed by atoms with Crippen molar-refractivity contribution in [3.63, 3.8) is 0 Å². The van der Waals surface area contributed by atoms with E-state index in [1.807, 2.05) is 13.0 Å². The monoisotopic (exact) mass is 120 g/mol. The van der Waals surface area contributed by atoms with Crippen LogP contribution in [0.4, 0.5) is 0 Å². The standard InChI is InChI=1S/C7H8N2/c1-5-3-2-4-6(8)7(5)9/h2-4,8-9H,1H3. The predicted molar refractivity (Wildman–Crippen MR) is 38.4 cm³/mol. The third kappa shape index (κ3) is 0.964. The lowest BCUT2D eigenvalue weighted by molar-refractivity contribution is 1.43. The fourth-order valence-electron chi connectivity index (χ4n) is 0.668. The normalized spacial score (nSPS) is 18.1. The van der Waals surface area contributed by atoms with E-state index in [1.54, 1.807) is 12.2 Å². The maximum absolute atomic E-state index is 7.26. The molecular weight excluding hydrogens is 112 g/mol. The molecule has 0 heterocycles. The summed E-state index contributed by atoms with van der Waals surface area (Å²) >= 11 is 0. The molecule has 0 aliphatic heterocycles. The van der Waals surface area contributed by atoms with E-state index in [0.717, 1.165) is 5.57 Å². The Kier molecular flexibility index (Phi) is 1.30. The summed E-state index contributed by atoms with van der Waals surface area (Å²) in [5, 5.41) is 14.4. The van der Waals surface area contributed by atoms with E-state index in [9.17, 15) is 0 Å². The maximum atomic E-state index is 7.26. The van der Waals surface area contributed by atoms with Gasteiger partial charge < -0.3 is 0 Å². The Morgan fingerprint density at radius 1 is 1.33 bits per heavy atom. The highest BCUT2D eigenvalue weighted by molar-refractivity contribution is 6.50. The van der Waals surface area contributed by atoms with Gasteiger partial charge in [-0.2, -0.15) is 0 Å². The molecule has 0 saturated carbocycles. The molecule has 2 N–H and O–H groups in total. The number of rotatable bonds is 0. The lowest BCUT2D eigenvalue weighted by Gasteiger charge is -2.04. The minimum Gasteiger partial charge on any atom is -0.299 e. The fourth-order valence-corrected chi connectivity index (χ4v) is 0.668. The first-order valence-electron chi connectivity index (χ1n) is 2.74. The molecule has 2 heteroatoms. The third-order valence-electron chi connectivity index (χ3n) is 1.27. The van der Waals surface area contributed by atoms with Crippen LogP contribution in [0.25, 0.3) is 0 Å². The molecule has 0 aromatic heterocycles. The van der Waals surface area contributed by atoms with Crippen molar-refractivity contribution in [3.8, 4) is 0 Å². The maximum Gasteiger partial charge on any atom is 0.0818 e. The summed E-state index contributed by atoms with van der Waals surface area (Å²) in [6, 6.07) is 0. The van der Waals surface area contributed by atoms with Gasteiger partial charge in [0.05, 0.1) is 11.4 Å². The Bertz CT molecular complexity index is 221. The van der Waals surface area contributed by atoms with Gasteiger partial charge in [0, 0.05) is 0 Å². The van der Waals surface area contributed by atoms with Crippen LogP contribution >= 0.6 is 0 Å². The zero-order valence-corrected chi connectivity index (χ0v) is 5.23. The van der Waals surface area contributed by atoms with Gasteiger partial charge in [-0.1, -0.05) is 12.2 Å². The van der Waals surface area contributed by atoms with Crippen molar-refractivity contribution in [2.45, 2.75) is 6.92 Å². The number of hydrogen-bond donors (Lipinski definition) is 2. The first-order valence-corrected chi connectivity index (χ1v) is 2.74. The van der Waals surface area contributed by atoms with Crippen LogP contribution in [0.15, 0.2) is 23.8 Å². The van der Waals surface area contributed by atoms with Crippen LogP contribution in [0.1, 0.15) is 6.92 Å². The van der Waals surface area contributed by atoms with Crippen molar-refractivity contribution >= 4 is 11.4 Å². The van der Waals surface area contributed by atoms with E-state index < -0.39 is 0 Å². The van der Waals surface area contributed by atoms with Gasteiger partial charge in [-0.3, -0.25) is 10.8 Å². The molecule has 0 atom stereocenters. The third-order valence-corrected chi connectivity index (χ3v) is 1.27. The molecule has 0 saturated heterocycles. The molecule has 9 heavy (non-hydrogen) atoms. The molecule has 0 unspecified atom stereocenters. The average Bonchev–Trinajstić information content (AvgIpc) is 1.83. The van der Waals surface area contributed by atoms with Crippen LogP contribution in [0.3, 0.4) is 0 Å². The summed E-state index contributed by atoms with van der Waals surface area (Å²) in [6.07, 6.45) is 5.24. The van der Waals surface area contributed by atoms with Gasteiger partial charge in [0.25, 0.3) is 0 Å². The van der Waals surface area contributed by atoms with Gasteiger partial charge >= 0.3 is 0 Å². The Balaban J connectivity index is 3.00. The second kappa shape index (κ2) is 1.97. The molecule has 0 amide bonds. The molecule has 0 radical (unpaired) electrons. The van der Waals surface area contributed by atoms with Gasteiger partial charge in [0.15, 0.2) is 0 Å². The second-order valence-corrected chi connectivity index (χ2v) is 2.00. The molecule has 46 valence electrons. The van der Waals surface area contributed by atoms with Crippen molar-refractivity contribution in [2.75, 3.05) is 0 Å². The topological polar surface area (TPSA) is 47.7 Å². The van der Waals surface area contributed by atoms with Gasteiger partial charge in [-0.05, 0) is 18.6 Å². The summed E-state index contributed by atoms with van der Waals surface area (Å²) in [7, 11) is 0. The highest BCUT2D eigenvalue weighted by atomic mass is 14.5. The molecule has 1 aliphatic rings. The molecule has 1 aliphatic carbocycles. The average molecular weight is 120 g/mol. The van der Waals surface area contributed by atoms with Crippen LogP contribution in [0.5, 0.6) is 0 Å². The van der Waals surface area contributed by atoms with Gasteiger partial charge in [0.2, 0.25) is 0 Å². The van der Waals surface area contributed by atoms with E-state index in [2.05, 4.69) is 0 Å². The Hall–Kier alpha value is -1.18. The van der Waals surface area contributed by atoms with Crippen LogP contribution in [-0.4, -0.2) is 11.4 Å². The summed E-state index contributed by atoms with van der Waals surface area (Å²) in [4.78, 5) is 0. The van der Waals surface area contributed by atoms with Gasteiger partial charge in [-0.15, -0.1) is 0 Å². The van der Waals surface area contributed by atoms with Crippen LogP contribution in [-0.2, 0) is 0 Å². The lowest BCUT2D eigenvalue weighted by Crippen LogP contribution is -2.12. The molecule has 0 aromatic rings.